The molecule has 2 unspecified atom stereocenters. The molecule has 3 nitrogen and oxygen atoms in total. The summed E-state index contributed by atoms with van der Waals surface area (Å²) in [5.74, 6) is 0. The van der Waals surface area contributed by atoms with Crippen molar-refractivity contribution >= 4 is 10.8 Å². The Kier molecular flexibility index (Phi) is 5.40. The molecular formula is C13H24N2OS. The van der Waals surface area contributed by atoms with Crippen LogP contribution in [0.5, 0.6) is 0 Å². The van der Waals surface area contributed by atoms with Crippen molar-refractivity contribution < 1.29 is 4.21 Å². The number of rotatable bonds is 6. The van der Waals surface area contributed by atoms with Gasteiger partial charge in [0.2, 0.25) is 0 Å². The maximum Gasteiger partial charge on any atom is 0.0329 e. The Hall–Kier alpha value is -0.610. The van der Waals surface area contributed by atoms with Crippen LogP contribution >= 0.6 is 0 Å². The Morgan fingerprint density at radius 1 is 1.47 bits per heavy atom. The number of nitrogens with one attached hydrogen (secondary N) is 1. The first-order valence-corrected chi connectivity index (χ1v) is 7.70. The zero-order chi connectivity index (χ0) is 13.0. The lowest BCUT2D eigenvalue weighted by Gasteiger charge is -2.09. The van der Waals surface area contributed by atoms with Crippen LogP contribution in [0.25, 0.3) is 0 Å². The fraction of sp³-hybridized carbons (Fsp3) is 0.692. The van der Waals surface area contributed by atoms with Crippen molar-refractivity contribution in [3.63, 3.8) is 0 Å². The fourth-order valence-corrected chi connectivity index (χ4v) is 2.26. The summed E-state index contributed by atoms with van der Waals surface area (Å²) >= 11 is 0. The van der Waals surface area contributed by atoms with E-state index in [1.165, 1.54) is 17.0 Å². The van der Waals surface area contributed by atoms with Gasteiger partial charge >= 0.3 is 0 Å². The van der Waals surface area contributed by atoms with Crippen LogP contribution in [-0.4, -0.2) is 26.8 Å². The van der Waals surface area contributed by atoms with Gasteiger partial charge in [-0.05, 0) is 38.4 Å². The largest absolute Gasteiger partial charge is 0.352 e. The van der Waals surface area contributed by atoms with Crippen LogP contribution < -0.4 is 5.32 Å². The van der Waals surface area contributed by atoms with Gasteiger partial charge in [0.15, 0.2) is 0 Å². The molecule has 0 spiro atoms. The average molecular weight is 256 g/mol. The molecular weight excluding hydrogens is 232 g/mol. The summed E-state index contributed by atoms with van der Waals surface area (Å²) in [6.07, 6.45) is 2.74. The molecule has 0 saturated carbocycles. The second kappa shape index (κ2) is 6.36. The maximum absolute atomic E-state index is 11.2. The number of aryl methyl sites for hydroxylation is 1. The highest BCUT2D eigenvalue weighted by atomic mass is 32.2. The van der Waals surface area contributed by atoms with Crippen molar-refractivity contribution in [3.05, 3.63) is 23.0 Å². The summed E-state index contributed by atoms with van der Waals surface area (Å²) in [7, 11) is 1.39. The molecule has 1 heterocycles. The number of hydrogen-bond acceptors (Lipinski definition) is 2. The van der Waals surface area contributed by atoms with E-state index in [4.69, 9.17) is 0 Å². The van der Waals surface area contributed by atoms with Crippen molar-refractivity contribution in [2.75, 3.05) is 12.8 Å². The third kappa shape index (κ3) is 3.96. The Morgan fingerprint density at radius 2 is 2.12 bits per heavy atom. The highest BCUT2D eigenvalue weighted by Gasteiger charge is 2.07. The predicted molar refractivity (Wildman–Crippen MR) is 74.7 cm³/mol. The average Bonchev–Trinajstić information content (AvgIpc) is 2.52. The van der Waals surface area contributed by atoms with Crippen LogP contribution in [0.3, 0.4) is 0 Å². The van der Waals surface area contributed by atoms with Gasteiger partial charge in [0, 0.05) is 47.3 Å². The molecule has 0 radical (unpaired) electrons. The molecule has 0 aromatic carbocycles. The van der Waals surface area contributed by atoms with E-state index in [9.17, 15) is 4.21 Å². The molecule has 0 bridgehead atoms. The van der Waals surface area contributed by atoms with Crippen LogP contribution in [0.4, 0.5) is 0 Å². The van der Waals surface area contributed by atoms with Gasteiger partial charge in [-0.15, -0.1) is 0 Å². The molecule has 98 valence electrons. The topological polar surface area (TPSA) is 34.0 Å². The molecule has 0 saturated heterocycles. The fourth-order valence-electron chi connectivity index (χ4n) is 1.81. The third-order valence-corrected chi connectivity index (χ3v) is 4.86. The van der Waals surface area contributed by atoms with Gasteiger partial charge in [-0.3, -0.25) is 4.21 Å². The highest BCUT2D eigenvalue weighted by molar-refractivity contribution is 7.84. The van der Waals surface area contributed by atoms with Crippen molar-refractivity contribution in [2.45, 2.75) is 39.0 Å². The summed E-state index contributed by atoms with van der Waals surface area (Å²) in [5.41, 5.74) is 3.97. The van der Waals surface area contributed by atoms with E-state index in [-0.39, 0.29) is 5.25 Å². The quantitative estimate of drug-likeness (QED) is 0.789. The minimum absolute atomic E-state index is 0.279. The van der Waals surface area contributed by atoms with Gasteiger partial charge in [0.05, 0.1) is 0 Å². The molecule has 2 atom stereocenters. The standard InChI is InChI=1S/C13H24N2OS/c1-10-8-13(12(3)15(10)4)9-14-7-6-11(2)17(5)16/h8,11,14H,6-7,9H2,1-5H3. The first kappa shape index (κ1) is 14.5. The summed E-state index contributed by atoms with van der Waals surface area (Å²) in [6.45, 7) is 8.13. The van der Waals surface area contributed by atoms with E-state index in [0.29, 0.717) is 0 Å². The Bertz CT molecular complexity index is 398. The van der Waals surface area contributed by atoms with Gasteiger partial charge in [0.25, 0.3) is 0 Å². The summed E-state index contributed by atoms with van der Waals surface area (Å²) in [6, 6.07) is 2.23. The lowest BCUT2D eigenvalue weighted by atomic mass is 10.2. The number of aromatic nitrogens is 1. The number of nitrogens with zero attached hydrogens (tertiary/aromatic N) is 1. The van der Waals surface area contributed by atoms with E-state index in [0.717, 1.165) is 19.5 Å². The van der Waals surface area contributed by atoms with E-state index >= 15 is 0 Å². The van der Waals surface area contributed by atoms with Crippen molar-refractivity contribution in [3.8, 4) is 0 Å². The van der Waals surface area contributed by atoms with Crippen molar-refractivity contribution in [1.29, 1.82) is 0 Å². The molecule has 0 fully saturated rings. The van der Waals surface area contributed by atoms with Gasteiger partial charge < -0.3 is 9.88 Å². The van der Waals surface area contributed by atoms with Crippen LogP contribution in [0, 0.1) is 13.8 Å². The molecule has 1 aromatic heterocycles. The van der Waals surface area contributed by atoms with Gasteiger partial charge in [-0.2, -0.15) is 0 Å². The predicted octanol–water partition coefficient (Wildman–Crippen LogP) is 1.89. The zero-order valence-corrected chi connectivity index (χ0v) is 12.4. The van der Waals surface area contributed by atoms with E-state index in [1.54, 1.807) is 6.26 Å². The second-order valence-corrected chi connectivity index (χ2v) is 6.53. The third-order valence-electron chi connectivity index (χ3n) is 3.49. The summed E-state index contributed by atoms with van der Waals surface area (Å²) in [5, 5.41) is 3.70. The smallest absolute Gasteiger partial charge is 0.0329 e. The van der Waals surface area contributed by atoms with Gasteiger partial charge in [-0.1, -0.05) is 6.92 Å². The molecule has 0 aliphatic carbocycles. The molecule has 1 rings (SSSR count). The van der Waals surface area contributed by atoms with E-state index in [1.807, 2.05) is 6.92 Å². The maximum atomic E-state index is 11.2. The van der Waals surface area contributed by atoms with Crippen molar-refractivity contribution in [1.82, 2.24) is 9.88 Å². The monoisotopic (exact) mass is 256 g/mol. The Labute approximate surface area is 107 Å². The second-order valence-electron chi connectivity index (χ2n) is 4.73. The van der Waals surface area contributed by atoms with Gasteiger partial charge in [0.1, 0.15) is 0 Å². The molecule has 0 amide bonds. The molecule has 0 aliphatic rings. The van der Waals surface area contributed by atoms with E-state index < -0.39 is 10.8 Å². The Balaban J connectivity index is 2.36. The summed E-state index contributed by atoms with van der Waals surface area (Å²) in [4.78, 5) is 0. The minimum Gasteiger partial charge on any atom is -0.352 e. The molecule has 1 aromatic rings. The highest BCUT2D eigenvalue weighted by Crippen LogP contribution is 2.12. The number of hydrogen-bond donors (Lipinski definition) is 1. The van der Waals surface area contributed by atoms with Gasteiger partial charge in [-0.25, -0.2) is 0 Å². The molecule has 1 N–H and O–H groups in total. The molecule has 4 heteroatoms. The first-order valence-electron chi connectivity index (χ1n) is 6.08. The van der Waals surface area contributed by atoms with Crippen LogP contribution in [0.2, 0.25) is 0 Å². The summed E-state index contributed by atoms with van der Waals surface area (Å²) < 4.78 is 13.4. The van der Waals surface area contributed by atoms with Crippen LogP contribution in [-0.2, 0) is 24.4 Å². The molecule has 17 heavy (non-hydrogen) atoms. The zero-order valence-electron chi connectivity index (χ0n) is 11.5. The van der Waals surface area contributed by atoms with Crippen LogP contribution in [0.15, 0.2) is 6.07 Å². The first-order chi connectivity index (χ1) is 7.93. The van der Waals surface area contributed by atoms with E-state index in [2.05, 4.69) is 36.8 Å². The minimum atomic E-state index is -0.706. The normalized spacial score (nSPS) is 14.9. The van der Waals surface area contributed by atoms with Crippen molar-refractivity contribution in [2.24, 2.45) is 7.05 Å². The lowest BCUT2D eigenvalue weighted by molar-refractivity contribution is 0.627. The molecule has 0 aliphatic heterocycles. The lowest BCUT2D eigenvalue weighted by Crippen LogP contribution is -2.21. The van der Waals surface area contributed by atoms with Crippen LogP contribution in [0.1, 0.15) is 30.3 Å². The Morgan fingerprint density at radius 3 is 2.59 bits per heavy atom. The SMILES string of the molecule is Cc1cc(CNCCC(C)S(C)=O)c(C)n1C.